The van der Waals surface area contributed by atoms with E-state index in [-0.39, 0.29) is 12.1 Å². The normalized spacial score (nSPS) is 20.6. The average Bonchev–Trinajstić information content (AvgIpc) is 3.15. The second-order valence-corrected chi connectivity index (χ2v) is 6.22. The van der Waals surface area contributed by atoms with Gasteiger partial charge >= 0.3 is 0 Å². The van der Waals surface area contributed by atoms with E-state index in [1.165, 1.54) is 0 Å². The Hall–Kier alpha value is -2.91. The van der Waals surface area contributed by atoms with Crippen LogP contribution in [0.1, 0.15) is 34.9 Å². The van der Waals surface area contributed by atoms with Gasteiger partial charge in [-0.05, 0) is 16.7 Å². The molecule has 3 atom stereocenters. The molecule has 0 radical (unpaired) electrons. The molecule has 0 saturated carbocycles. The molecule has 3 aromatic carbocycles. The largest absolute Gasteiger partial charge is 0.380 e. The maximum Gasteiger partial charge on any atom is 0.136 e. The van der Waals surface area contributed by atoms with Gasteiger partial charge in [0.05, 0.1) is 6.04 Å². The van der Waals surface area contributed by atoms with Gasteiger partial charge in [0, 0.05) is 0 Å². The second-order valence-electron chi connectivity index (χ2n) is 6.22. The summed E-state index contributed by atoms with van der Waals surface area (Å²) in [5.74, 6) is 0.619. The van der Waals surface area contributed by atoms with E-state index in [2.05, 4.69) is 29.6 Å². The monoisotopic (exact) mass is 328 g/mol. The van der Waals surface area contributed by atoms with Crippen LogP contribution in [-0.2, 0) is 0 Å². The quantitative estimate of drug-likeness (QED) is 0.754. The summed E-state index contributed by atoms with van der Waals surface area (Å²) in [6.45, 7) is 0. The molecule has 0 bridgehead atoms. The molecule has 1 aliphatic heterocycles. The third-order valence-electron chi connectivity index (χ3n) is 4.57. The zero-order valence-corrected chi connectivity index (χ0v) is 13.8. The number of hydrogen-bond acceptors (Lipinski definition) is 3. The third kappa shape index (κ3) is 3.19. The van der Waals surface area contributed by atoms with Crippen LogP contribution >= 0.6 is 0 Å². The number of aliphatic hydroxyl groups is 1. The Kier molecular flexibility index (Phi) is 4.32. The highest BCUT2D eigenvalue weighted by molar-refractivity contribution is 5.89. The van der Waals surface area contributed by atoms with E-state index in [9.17, 15) is 5.11 Å². The zero-order valence-electron chi connectivity index (χ0n) is 13.8. The van der Waals surface area contributed by atoms with Crippen LogP contribution < -0.4 is 5.32 Å². The van der Waals surface area contributed by atoms with E-state index in [0.29, 0.717) is 5.84 Å². The van der Waals surface area contributed by atoms with Gasteiger partial charge in [-0.2, -0.15) is 0 Å². The summed E-state index contributed by atoms with van der Waals surface area (Å²) in [6.07, 6.45) is -0.749. The molecule has 4 rings (SSSR count). The number of rotatable bonds is 4. The fourth-order valence-electron chi connectivity index (χ4n) is 3.29. The van der Waals surface area contributed by atoms with E-state index >= 15 is 0 Å². The molecule has 124 valence electrons. The minimum atomic E-state index is -0.749. The lowest BCUT2D eigenvalue weighted by Gasteiger charge is -2.20. The summed E-state index contributed by atoms with van der Waals surface area (Å²) in [7, 11) is 0. The molecule has 1 aliphatic rings. The first kappa shape index (κ1) is 15.6. The van der Waals surface area contributed by atoms with E-state index < -0.39 is 6.10 Å². The summed E-state index contributed by atoms with van der Waals surface area (Å²) in [6, 6.07) is 30.1. The molecule has 3 heteroatoms. The molecule has 0 saturated heterocycles. The maximum atomic E-state index is 10.8. The van der Waals surface area contributed by atoms with Crippen molar-refractivity contribution in [2.75, 3.05) is 0 Å². The topological polar surface area (TPSA) is 44.6 Å². The Labute approximate surface area is 147 Å². The van der Waals surface area contributed by atoms with Gasteiger partial charge in [0.15, 0.2) is 0 Å². The van der Waals surface area contributed by atoms with Crippen molar-refractivity contribution in [3.8, 4) is 0 Å². The number of nitrogens with one attached hydrogen (secondary N) is 1. The van der Waals surface area contributed by atoms with Crippen molar-refractivity contribution in [2.24, 2.45) is 4.99 Å². The van der Waals surface area contributed by atoms with Crippen molar-refractivity contribution in [2.45, 2.75) is 18.2 Å². The number of aliphatic hydroxyl groups excluding tert-OH is 1. The minimum absolute atomic E-state index is 0.0111. The Morgan fingerprint density at radius 1 is 0.720 bits per heavy atom. The van der Waals surface area contributed by atoms with Crippen LogP contribution in [0.3, 0.4) is 0 Å². The standard InChI is InChI=1S/C22H20N2O/c25-21(18-14-8-3-9-15-18)22-23-19(16-10-4-1-5-11-16)20(24-22)17-12-6-2-7-13-17/h1-15,19-21,25H,(H,23,24). The van der Waals surface area contributed by atoms with Crippen LogP contribution in [-0.4, -0.2) is 10.9 Å². The van der Waals surface area contributed by atoms with Crippen molar-refractivity contribution in [3.05, 3.63) is 108 Å². The van der Waals surface area contributed by atoms with Crippen LogP contribution in [0.5, 0.6) is 0 Å². The average molecular weight is 328 g/mol. The number of benzene rings is 3. The molecule has 3 unspecified atom stereocenters. The van der Waals surface area contributed by atoms with Crippen molar-refractivity contribution < 1.29 is 5.11 Å². The molecule has 1 heterocycles. The number of hydrogen-bond donors (Lipinski definition) is 2. The van der Waals surface area contributed by atoms with Crippen molar-refractivity contribution in [3.63, 3.8) is 0 Å². The Morgan fingerprint density at radius 2 is 1.24 bits per heavy atom. The Balaban J connectivity index is 1.70. The van der Waals surface area contributed by atoms with Crippen molar-refractivity contribution in [1.82, 2.24) is 5.32 Å². The number of nitrogens with zero attached hydrogens (tertiary/aromatic N) is 1. The van der Waals surface area contributed by atoms with Gasteiger partial charge in [0.2, 0.25) is 0 Å². The lowest BCUT2D eigenvalue weighted by atomic mass is 9.95. The highest BCUT2D eigenvalue weighted by atomic mass is 16.3. The van der Waals surface area contributed by atoms with E-state index in [4.69, 9.17) is 4.99 Å². The summed E-state index contributed by atoms with van der Waals surface area (Å²) in [5.41, 5.74) is 3.14. The molecular weight excluding hydrogens is 308 g/mol. The molecule has 0 aromatic heterocycles. The molecule has 2 N–H and O–H groups in total. The number of aliphatic imine (C=N–C) groups is 1. The molecule has 0 amide bonds. The fourth-order valence-corrected chi connectivity index (χ4v) is 3.29. The van der Waals surface area contributed by atoms with Crippen LogP contribution in [0.25, 0.3) is 0 Å². The zero-order chi connectivity index (χ0) is 17.1. The summed E-state index contributed by atoms with van der Waals surface area (Å²) >= 11 is 0. The van der Waals surface area contributed by atoms with Gasteiger partial charge in [-0.3, -0.25) is 4.99 Å². The molecule has 0 spiro atoms. The Bertz CT molecular complexity index is 847. The molecule has 0 fully saturated rings. The third-order valence-corrected chi connectivity index (χ3v) is 4.57. The van der Waals surface area contributed by atoms with Crippen molar-refractivity contribution in [1.29, 1.82) is 0 Å². The smallest absolute Gasteiger partial charge is 0.136 e. The summed E-state index contributed by atoms with van der Waals surface area (Å²) < 4.78 is 0. The first-order valence-corrected chi connectivity index (χ1v) is 8.50. The van der Waals surface area contributed by atoms with Gasteiger partial charge in [0.25, 0.3) is 0 Å². The number of amidine groups is 1. The van der Waals surface area contributed by atoms with Gasteiger partial charge < -0.3 is 10.4 Å². The maximum absolute atomic E-state index is 10.8. The van der Waals surface area contributed by atoms with Crippen LogP contribution in [0.2, 0.25) is 0 Å². The summed E-state index contributed by atoms with van der Waals surface area (Å²) in [4.78, 5) is 4.85. The lowest BCUT2D eigenvalue weighted by Crippen LogP contribution is -2.28. The van der Waals surface area contributed by atoms with Gasteiger partial charge in [-0.1, -0.05) is 91.0 Å². The molecule has 25 heavy (non-hydrogen) atoms. The van der Waals surface area contributed by atoms with E-state index in [0.717, 1.165) is 16.7 Å². The summed E-state index contributed by atoms with van der Waals surface area (Å²) in [5, 5.41) is 14.2. The predicted molar refractivity (Wildman–Crippen MR) is 100 cm³/mol. The van der Waals surface area contributed by atoms with Crippen LogP contribution in [0.4, 0.5) is 0 Å². The van der Waals surface area contributed by atoms with Gasteiger partial charge in [-0.25, -0.2) is 0 Å². The fraction of sp³-hybridized carbons (Fsp3) is 0.136. The van der Waals surface area contributed by atoms with Gasteiger partial charge in [-0.15, -0.1) is 0 Å². The molecular formula is C22H20N2O. The highest BCUT2D eigenvalue weighted by Crippen LogP contribution is 2.37. The second kappa shape index (κ2) is 6.91. The first-order valence-electron chi connectivity index (χ1n) is 8.50. The Morgan fingerprint density at radius 3 is 1.84 bits per heavy atom. The SMILES string of the molecule is OC(C1=NC(c2ccccc2)C(c2ccccc2)N1)c1ccccc1. The van der Waals surface area contributed by atoms with E-state index in [1.807, 2.05) is 66.7 Å². The van der Waals surface area contributed by atoms with Crippen molar-refractivity contribution >= 4 is 5.84 Å². The van der Waals surface area contributed by atoms with E-state index in [1.54, 1.807) is 0 Å². The molecule has 0 aliphatic carbocycles. The first-order chi connectivity index (χ1) is 12.3. The minimum Gasteiger partial charge on any atom is -0.380 e. The van der Waals surface area contributed by atoms with Crippen LogP contribution in [0.15, 0.2) is 96.0 Å². The van der Waals surface area contributed by atoms with Gasteiger partial charge in [0.1, 0.15) is 18.0 Å². The molecule has 3 aromatic rings. The van der Waals surface area contributed by atoms with Crippen LogP contribution in [0, 0.1) is 0 Å². The highest BCUT2D eigenvalue weighted by Gasteiger charge is 2.33. The molecule has 3 nitrogen and oxygen atoms in total. The lowest BCUT2D eigenvalue weighted by molar-refractivity contribution is 0.243. The predicted octanol–water partition coefficient (Wildman–Crippen LogP) is 4.20.